The second-order valence-electron chi connectivity index (χ2n) is 6.14. The van der Waals surface area contributed by atoms with Crippen LogP contribution in [-0.4, -0.2) is 21.0 Å². The van der Waals surface area contributed by atoms with Crippen molar-refractivity contribution in [2.75, 3.05) is 6.54 Å². The van der Waals surface area contributed by atoms with E-state index in [0.717, 1.165) is 12.1 Å². The van der Waals surface area contributed by atoms with Crippen LogP contribution in [0.15, 0.2) is 29.2 Å². The molecule has 1 rings (SSSR count). The van der Waals surface area contributed by atoms with Crippen molar-refractivity contribution in [3.8, 4) is 0 Å². The first-order valence-electron chi connectivity index (χ1n) is 6.99. The molecular weight excluding hydrogens is 272 g/mol. The average molecular weight is 298 g/mol. The zero-order chi connectivity index (χ0) is 15.4. The molecule has 2 N–H and O–H groups in total. The summed E-state index contributed by atoms with van der Waals surface area (Å²) in [7, 11) is -3.47. The normalized spacial score (nSPS) is 14.2. The lowest BCUT2D eigenvalue weighted by Gasteiger charge is -2.27. The lowest BCUT2D eigenvalue weighted by atomic mass is 9.89. The summed E-state index contributed by atoms with van der Waals surface area (Å²) >= 11 is 0. The van der Waals surface area contributed by atoms with Gasteiger partial charge in [0.2, 0.25) is 10.0 Å². The monoisotopic (exact) mass is 298 g/mol. The van der Waals surface area contributed by atoms with Gasteiger partial charge in [-0.1, -0.05) is 39.8 Å². The third-order valence-corrected chi connectivity index (χ3v) is 4.96. The number of rotatable bonds is 6. The molecule has 0 amide bonds. The van der Waals surface area contributed by atoms with Gasteiger partial charge in [-0.2, -0.15) is 0 Å². The molecule has 1 aromatic rings. The molecule has 0 heterocycles. The summed E-state index contributed by atoms with van der Waals surface area (Å²) in [6.45, 7) is 11.5. The minimum absolute atomic E-state index is 0.117. The first-order chi connectivity index (χ1) is 9.16. The van der Waals surface area contributed by atoms with Crippen LogP contribution in [0, 0.1) is 5.41 Å². The second-order valence-corrected chi connectivity index (χ2v) is 7.85. The Balaban J connectivity index is 2.92. The molecule has 0 bridgehead atoms. The summed E-state index contributed by atoms with van der Waals surface area (Å²) in [5.41, 5.74) is 0.854. The van der Waals surface area contributed by atoms with Crippen molar-refractivity contribution < 1.29 is 8.42 Å². The Morgan fingerprint density at radius 1 is 1.25 bits per heavy atom. The van der Waals surface area contributed by atoms with Gasteiger partial charge in [-0.3, -0.25) is 0 Å². The van der Waals surface area contributed by atoms with Crippen molar-refractivity contribution in [3.05, 3.63) is 29.8 Å². The van der Waals surface area contributed by atoms with Crippen molar-refractivity contribution in [1.29, 1.82) is 0 Å². The molecule has 20 heavy (non-hydrogen) atoms. The van der Waals surface area contributed by atoms with E-state index in [4.69, 9.17) is 0 Å². The Kier molecular flexibility index (Phi) is 5.74. The molecular formula is C15H26N2O2S. The first-order valence-corrected chi connectivity index (χ1v) is 8.47. The molecule has 1 unspecified atom stereocenters. The summed E-state index contributed by atoms with van der Waals surface area (Å²) < 4.78 is 27.5. The Labute approximate surface area is 123 Å². The van der Waals surface area contributed by atoms with Crippen molar-refractivity contribution in [2.45, 2.75) is 52.1 Å². The molecule has 1 atom stereocenters. The van der Waals surface area contributed by atoms with Crippen molar-refractivity contribution in [2.24, 2.45) is 5.41 Å². The minimum Gasteiger partial charge on any atom is -0.313 e. The zero-order valence-corrected chi connectivity index (χ0v) is 13.8. The van der Waals surface area contributed by atoms with Crippen LogP contribution in [0.25, 0.3) is 0 Å². The number of hydrogen-bond acceptors (Lipinski definition) is 3. The fraction of sp³-hybridized carbons (Fsp3) is 0.600. The van der Waals surface area contributed by atoms with Gasteiger partial charge in [-0.15, -0.1) is 0 Å². The Hall–Kier alpha value is -0.910. The van der Waals surface area contributed by atoms with Gasteiger partial charge < -0.3 is 5.32 Å². The van der Waals surface area contributed by atoms with E-state index in [9.17, 15) is 8.42 Å². The predicted molar refractivity (Wildman–Crippen MR) is 83.1 cm³/mol. The molecule has 4 nitrogen and oxygen atoms in total. The average Bonchev–Trinajstić information content (AvgIpc) is 2.35. The molecule has 0 aliphatic carbocycles. The van der Waals surface area contributed by atoms with Crippen LogP contribution in [0.5, 0.6) is 0 Å². The highest BCUT2D eigenvalue weighted by Crippen LogP contribution is 2.21. The SMILES string of the molecule is CCNCc1cccc(S(=O)(=O)NC(C)C(C)(C)C)c1. The van der Waals surface area contributed by atoms with E-state index in [0.29, 0.717) is 11.4 Å². The highest BCUT2D eigenvalue weighted by molar-refractivity contribution is 7.89. The molecule has 0 aliphatic rings. The summed E-state index contributed by atoms with van der Waals surface area (Å²) in [5.74, 6) is 0. The fourth-order valence-electron chi connectivity index (χ4n) is 1.57. The van der Waals surface area contributed by atoms with Gasteiger partial charge in [0.25, 0.3) is 0 Å². The lowest BCUT2D eigenvalue weighted by molar-refractivity contribution is 0.317. The Morgan fingerprint density at radius 2 is 1.90 bits per heavy atom. The van der Waals surface area contributed by atoms with E-state index in [1.807, 2.05) is 40.7 Å². The number of nitrogens with one attached hydrogen (secondary N) is 2. The minimum atomic E-state index is -3.47. The summed E-state index contributed by atoms with van der Waals surface area (Å²) in [6.07, 6.45) is 0. The molecule has 0 spiro atoms. The second kappa shape index (κ2) is 6.70. The van der Waals surface area contributed by atoms with Crippen LogP contribution in [0.2, 0.25) is 0 Å². The van der Waals surface area contributed by atoms with E-state index in [2.05, 4.69) is 10.0 Å². The van der Waals surface area contributed by atoms with E-state index in [1.165, 1.54) is 0 Å². The van der Waals surface area contributed by atoms with Gasteiger partial charge in [-0.25, -0.2) is 13.1 Å². The van der Waals surface area contributed by atoms with E-state index in [-0.39, 0.29) is 11.5 Å². The van der Waals surface area contributed by atoms with Crippen molar-refractivity contribution >= 4 is 10.0 Å². The topological polar surface area (TPSA) is 58.2 Å². The third kappa shape index (κ3) is 4.89. The van der Waals surface area contributed by atoms with Gasteiger partial charge in [0.05, 0.1) is 4.90 Å². The first kappa shape index (κ1) is 17.1. The van der Waals surface area contributed by atoms with Gasteiger partial charge in [0.1, 0.15) is 0 Å². The quantitative estimate of drug-likeness (QED) is 0.848. The van der Waals surface area contributed by atoms with E-state index < -0.39 is 10.0 Å². The Bertz CT molecular complexity index is 533. The van der Waals surface area contributed by atoms with Crippen LogP contribution < -0.4 is 10.0 Å². The summed E-state index contributed by atoms with van der Waals surface area (Å²) in [5, 5.41) is 3.19. The maximum absolute atomic E-state index is 12.4. The largest absolute Gasteiger partial charge is 0.313 e. The highest BCUT2D eigenvalue weighted by Gasteiger charge is 2.25. The number of hydrogen-bond donors (Lipinski definition) is 2. The molecule has 1 aromatic carbocycles. The maximum atomic E-state index is 12.4. The molecule has 0 fully saturated rings. The van der Waals surface area contributed by atoms with Crippen LogP contribution in [0.3, 0.4) is 0 Å². The van der Waals surface area contributed by atoms with Gasteiger partial charge in [0.15, 0.2) is 0 Å². The maximum Gasteiger partial charge on any atom is 0.240 e. The number of benzene rings is 1. The van der Waals surface area contributed by atoms with Gasteiger partial charge in [-0.05, 0) is 36.6 Å². The molecule has 0 aromatic heterocycles. The van der Waals surface area contributed by atoms with Crippen LogP contribution in [0.4, 0.5) is 0 Å². The standard InChI is InChI=1S/C15H26N2O2S/c1-6-16-11-13-8-7-9-14(10-13)20(18,19)17-12(2)15(3,4)5/h7-10,12,16-17H,6,11H2,1-5H3. The smallest absolute Gasteiger partial charge is 0.240 e. The van der Waals surface area contributed by atoms with E-state index >= 15 is 0 Å². The molecule has 0 saturated heterocycles. The van der Waals surface area contributed by atoms with Gasteiger partial charge >= 0.3 is 0 Å². The summed E-state index contributed by atoms with van der Waals surface area (Å²) in [4.78, 5) is 0.323. The van der Waals surface area contributed by atoms with Crippen molar-refractivity contribution in [1.82, 2.24) is 10.0 Å². The molecule has 0 aliphatic heterocycles. The summed E-state index contributed by atoms with van der Waals surface area (Å²) in [6, 6.07) is 6.93. The Morgan fingerprint density at radius 3 is 2.45 bits per heavy atom. The van der Waals surface area contributed by atoms with Crippen LogP contribution in [0.1, 0.15) is 40.2 Å². The predicted octanol–water partition coefficient (Wildman–Crippen LogP) is 2.51. The highest BCUT2D eigenvalue weighted by atomic mass is 32.2. The molecule has 0 radical (unpaired) electrons. The fourth-order valence-corrected chi connectivity index (χ4v) is 3.09. The molecule has 114 valence electrons. The number of sulfonamides is 1. The van der Waals surface area contributed by atoms with Crippen LogP contribution >= 0.6 is 0 Å². The third-order valence-electron chi connectivity index (χ3n) is 3.42. The molecule has 0 saturated carbocycles. The zero-order valence-electron chi connectivity index (χ0n) is 13.0. The van der Waals surface area contributed by atoms with Crippen LogP contribution in [-0.2, 0) is 16.6 Å². The molecule has 5 heteroatoms. The lowest BCUT2D eigenvalue weighted by Crippen LogP contribution is -2.41. The van der Waals surface area contributed by atoms with Crippen molar-refractivity contribution in [3.63, 3.8) is 0 Å². The van der Waals surface area contributed by atoms with E-state index in [1.54, 1.807) is 18.2 Å². The van der Waals surface area contributed by atoms with Gasteiger partial charge in [0, 0.05) is 12.6 Å².